The molecule has 1 aromatic carbocycles. The average Bonchev–Trinajstić information content (AvgIpc) is 2.85. The second-order valence-corrected chi connectivity index (χ2v) is 7.40. The number of hydrogen-bond acceptors (Lipinski definition) is 7. The molecule has 7 nitrogen and oxygen atoms in total. The highest BCUT2D eigenvalue weighted by Crippen LogP contribution is 2.53. The van der Waals surface area contributed by atoms with Crippen LogP contribution in [0.1, 0.15) is 16.4 Å². The van der Waals surface area contributed by atoms with E-state index in [-0.39, 0.29) is 16.4 Å². The van der Waals surface area contributed by atoms with Crippen LogP contribution in [0.4, 0.5) is 0 Å². The number of carboxylic acids is 1. The number of thioether (sulfide) groups is 1. The minimum absolute atomic E-state index is 0.0579. The molecule has 0 amide bonds. The molecule has 23 heavy (non-hydrogen) atoms. The van der Waals surface area contributed by atoms with Gasteiger partial charge < -0.3 is 19.9 Å². The third-order valence-corrected chi connectivity index (χ3v) is 6.31. The molecule has 0 radical (unpaired) electrons. The van der Waals surface area contributed by atoms with E-state index in [4.69, 9.17) is 4.74 Å². The number of thiazole rings is 1. The number of fused-ring (bicyclic) bond motifs is 5. The zero-order valence-electron chi connectivity index (χ0n) is 11.3. The number of aromatic nitrogens is 1. The monoisotopic (exact) mass is 351 g/mol. The Balaban J connectivity index is 1.98. The van der Waals surface area contributed by atoms with Gasteiger partial charge in [-0.15, -0.1) is 0 Å². The highest BCUT2D eigenvalue weighted by atomic mass is 32.2. The van der Waals surface area contributed by atoms with Gasteiger partial charge in [0.05, 0.1) is 10.9 Å². The second-order valence-electron chi connectivity index (χ2n) is 5.23. The van der Waals surface area contributed by atoms with Gasteiger partial charge in [0.25, 0.3) is 0 Å². The summed E-state index contributed by atoms with van der Waals surface area (Å²) < 4.78 is 5.23. The number of carboxylic acid groups (broad SMARTS) is 1. The number of carbonyl (C=O) groups is 2. The normalized spacial score (nSPS) is 25.0. The number of hydrogen-bond donors (Lipinski definition) is 3. The second kappa shape index (κ2) is 4.87. The van der Waals surface area contributed by atoms with E-state index in [0.717, 1.165) is 23.1 Å². The number of aromatic hydroxyl groups is 1. The van der Waals surface area contributed by atoms with Gasteiger partial charge in [-0.1, -0.05) is 29.2 Å². The molecule has 3 N–H and O–H groups in total. The summed E-state index contributed by atoms with van der Waals surface area (Å²) in [5.74, 6) is -3.17. The number of esters is 1. The van der Waals surface area contributed by atoms with Crippen LogP contribution in [0.15, 0.2) is 28.0 Å². The first-order valence-corrected chi connectivity index (χ1v) is 8.32. The van der Waals surface area contributed by atoms with Crippen LogP contribution in [0, 0.1) is 5.92 Å². The van der Waals surface area contributed by atoms with E-state index >= 15 is 0 Å². The number of rotatable bonds is 1. The lowest BCUT2D eigenvalue weighted by Crippen LogP contribution is -2.44. The Morgan fingerprint density at radius 2 is 2.09 bits per heavy atom. The van der Waals surface area contributed by atoms with Crippen molar-refractivity contribution in [3.05, 3.63) is 38.3 Å². The number of nitrogens with one attached hydrogen (secondary N) is 1. The van der Waals surface area contributed by atoms with Crippen molar-refractivity contribution in [3.8, 4) is 11.5 Å². The fraction of sp³-hybridized carbons (Fsp3) is 0.214. The Kier molecular flexibility index (Phi) is 3.03. The molecule has 0 spiro atoms. The summed E-state index contributed by atoms with van der Waals surface area (Å²) in [6.45, 7) is 0. The molecule has 0 bridgehead atoms. The summed E-state index contributed by atoms with van der Waals surface area (Å²) in [4.78, 5) is 38.6. The first kappa shape index (κ1) is 14.3. The van der Waals surface area contributed by atoms with Crippen molar-refractivity contribution in [2.45, 2.75) is 16.2 Å². The van der Waals surface area contributed by atoms with Crippen LogP contribution in [0.3, 0.4) is 0 Å². The number of phenols is 1. The van der Waals surface area contributed by atoms with E-state index in [9.17, 15) is 24.6 Å². The highest BCUT2D eigenvalue weighted by molar-refractivity contribution is 8.00. The Labute approximate surface area is 136 Å². The van der Waals surface area contributed by atoms with Gasteiger partial charge >= 0.3 is 16.8 Å². The maximum atomic E-state index is 12.4. The van der Waals surface area contributed by atoms with Gasteiger partial charge in [-0.2, -0.15) is 0 Å². The van der Waals surface area contributed by atoms with Crippen molar-refractivity contribution >= 4 is 35.0 Å². The van der Waals surface area contributed by atoms with E-state index in [1.165, 1.54) is 12.1 Å². The maximum Gasteiger partial charge on any atom is 0.317 e. The predicted octanol–water partition coefficient (Wildman–Crippen LogP) is 1.37. The first-order chi connectivity index (χ1) is 11.0. The SMILES string of the molecule is O=C1Oc2cc(O)ccc2[C@@H]2c3sc(=O)[nH]c3S[C@@H](C(=O)O)[C@@H]12. The summed E-state index contributed by atoms with van der Waals surface area (Å²) in [5.41, 5.74) is 0.593. The van der Waals surface area contributed by atoms with E-state index in [2.05, 4.69) is 4.98 Å². The topological polar surface area (TPSA) is 117 Å². The summed E-state index contributed by atoms with van der Waals surface area (Å²) in [6.07, 6.45) is 0. The van der Waals surface area contributed by atoms with Crippen LogP contribution in [-0.2, 0) is 9.59 Å². The Bertz CT molecular complexity index is 901. The molecule has 1 aromatic heterocycles. The number of H-pyrrole nitrogens is 1. The Morgan fingerprint density at radius 1 is 1.30 bits per heavy atom. The molecule has 2 aliphatic heterocycles. The van der Waals surface area contributed by atoms with Crippen LogP contribution >= 0.6 is 23.1 Å². The van der Waals surface area contributed by atoms with E-state index in [1.54, 1.807) is 6.07 Å². The van der Waals surface area contributed by atoms with Gasteiger partial charge in [0.1, 0.15) is 16.7 Å². The number of aromatic amines is 1. The fourth-order valence-electron chi connectivity index (χ4n) is 3.00. The van der Waals surface area contributed by atoms with E-state index in [0.29, 0.717) is 15.5 Å². The largest absolute Gasteiger partial charge is 0.508 e. The average molecular weight is 351 g/mol. The molecular formula is C14H9NO6S2. The molecule has 0 aliphatic carbocycles. The van der Waals surface area contributed by atoms with Crippen LogP contribution in [0.25, 0.3) is 0 Å². The minimum Gasteiger partial charge on any atom is -0.508 e. The highest BCUT2D eigenvalue weighted by Gasteiger charge is 2.51. The fourth-order valence-corrected chi connectivity index (χ4v) is 5.39. The van der Waals surface area contributed by atoms with E-state index in [1.807, 2.05) is 0 Å². The molecular weight excluding hydrogens is 342 g/mol. The van der Waals surface area contributed by atoms with Gasteiger partial charge in [-0.3, -0.25) is 14.4 Å². The van der Waals surface area contributed by atoms with Crippen molar-refractivity contribution < 1.29 is 24.5 Å². The number of phenolic OH excluding ortho intramolecular Hbond substituents is 1. The molecule has 2 aliphatic rings. The molecule has 118 valence electrons. The van der Waals surface area contributed by atoms with Gasteiger partial charge in [0, 0.05) is 22.4 Å². The van der Waals surface area contributed by atoms with Crippen LogP contribution in [0.2, 0.25) is 0 Å². The number of aliphatic carboxylic acids is 1. The molecule has 9 heteroatoms. The lowest BCUT2D eigenvalue weighted by Gasteiger charge is -2.37. The molecule has 2 aromatic rings. The van der Waals surface area contributed by atoms with Crippen molar-refractivity contribution in [1.29, 1.82) is 0 Å². The van der Waals surface area contributed by atoms with E-state index < -0.39 is 29.0 Å². The lowest BCUT2D eigenvalue weighted by molar-refractivity contribution is -0.147. The van der Waals surface area contributed by atoms with Crippen molar-refractivity contribution in [2.24, 2.45) is 5.92 Å². The van der Waals surface area contributed by atoms with Crippen LogP contribution < -0.4 is 9.61 Å². The van der Waals surface area contributed by atoms with Gasteiger partial charge in [0.2, 0.25) is 0 Å². The zero-order chi connectivity index (χ0) is 16.3. The smallest absolute Gasteiger partial charge is 0.317 e. The summed E-state index contributed by atoms with van der Waals surface area (Å²) in [5, 5.41) is 18.5. The van der Waals surface area contributed by atoms with Crippen molar-refractivity contribution in [1.82, 2.24) is 4.98 Å². The molecule has 4 rings (SSSR count). The first-order valence-electron chi connectivity index (χ1n) is 6.63. The molecule has 3 atom stereocenters. The van der Waals surface area contributed by atoms with Gasteiger partial charge in [0.15, 0.2) is 0 Å². The molecule has 0 saturated carbocycles. The molecule has 0 saturated heterocycles. The molecule has 0 fully saturated rings. The summed E-state index contributed by atoms with van der Waals surface area (Å²) >= 11 is 1.92. The molecule has 3 heterocycles. The lowest BCUT2D eigenvalue weighted by atomic mass is 9.80. The predicted molar refractivity (Wildman–Crippen MR) is 81.3 cm³/mol. The summed E-state index contributed by atoms with van der Waals surface area (Å²) in [7, 11) is 0. The maximum absolute atomic E-state index is 12.4. The number of benzene rings is 1. The van der Waals surface area contributed by atoms with Crippen molar-refractivity contribution in [2.75, 3.05) is 0 Å². The number of ether oxygens (including phenoxy) is 1. The standard InChI is InChI=1S/C14H9NO6S2/c16-4-1-2-5-6(3-4)21-13(19)8-7(5)9-11(15-14(20)23-9)22-10(8)12(17)18/h1-3,7-8,10,16H,(H,15,20)(H,17,18)/t7-,8-,10+/m0/s1. The van der Waals surface area contributed by atoms with Crippen LogP contribution in [-0.4, -0.2) is 32.4 Å². The summed E-state index contributed by atoms with van der Waals surface area (Å²) in [6, 6.07) is 4.36. The Hall–Kier alpha value is -2.26. The quantitative estimate of drug-likeness (QED) is 0.525. The third kappa shape index (κ3) is 2.07. The Morgan fingerprint density at radius 3 is 2.83 bits per heavy atom. The minimum atomic E-state index is -1.14. The molecule has 0 unspecified atom stereocenters. The van der Waals surface area contributed by atoms with Gasteiger partial charge in [-0.05, 0) is 6.07 Å². The van der Waals surface area contributed by atoms with Crippen molar-refractivity contribution in [3.63, 3.8) is 0 Å². The third-order valence-electron chi connectivity index (χ3n) is 3.91. The zero-order valence-corrected chi connectivity index (χ0v) is 12.9. The number of carbonyl (C=O) groups excluding carboxylic acids is 1. The van der Waals surface area contributed by atoms with Crippen LogP contribution in [0.5, 0.6) is 11.5 Å². The van der Waals surface area contributed by atoms with Gasteiger partial charge in [-0.25, -0.2) is 0 Å².